The number of aliphatic hydroxyl groups is 1. The summed E-state index contributed by atoms with van der Waals surface area (Å²) in [6.45, 7) is 3.40. The molecule has 90 valence electrons. The van der Waals surface area contributed by atoms with Crippen LogP contribution in [0, 0.1) is 5.82 Å². The molecule has 0 aliphatic rings. The van der Waals surface area contributed by atoms with Gasteiger partial charge in [-0.15, -0.1) is 0 Å². The fourth-order valence-electron chi connectivity index (χ4n) is 1.47. The van der Waals surface area contributed by atoms with E-state index in [1.54, 1.807) is 26.0 Å². The minimum Gasteiger partial charge on any atom is -0.387 e. The highest BCUT2D eigenvalue weighted by Gasteiger charge is 2.29. The fraction of sp³-hybridized carbons (Fsp3) is 0.500. The number of halogens is 2. The summed E-state index contributed by atoms with van der Waals surface area (Å²) < 4.78 is 18.3. The number of ether oxygens (including phenoxy) is 1. The van der Waals surface area contributed by atoms with Gasteiger partial charge in [0.25, 0.3) is 0 Å². The van der Waals surface area contributed by atoms with Gasteiger partial charge in [0.15, 0.2) is 0 Å². The molecule has 1 aromatic carbocycles. The van der Waals surface area contributed by atoms with Crippen LogP contribution in [-0.2, 0) is 11.2 Å². The zero-order chi connectivity index (χ0) is 12.3. The summed E-state index contributed by atoms with van der Waals surface area (Å²) in [7, 11) is 1.52. The Morgan fingerprint density at radius 3 is 2.75 bits per heavy atom. The van der Waals surface area contributed by atoms with Crippen molar-refractivity contribution in [1.29, 1.82) is 0 Å². The second kappa shape index (κ2) is 5.13. The summed E-state index contributed by atoms with van der Waals surface area (Å²) in [6, 6.07) is 4.56. The Kier molecular flexibility index (Phi) is 4.30. The predicted molar refractivity (Wildman–Crippen MR) is 62.2 cm³/mol. The maximum atomic E-state index is 13.2. The van der Waals surface area contributed by atoms with E-state index in [-0.39, 0.29) is 17.5 Å². The molecule has 2 unspecified atom stereocenters. The summed E-state index contributed by atoms with van der Waals surface area (Å²) in [4.78, 5) is 0. The number of hydrogen-bond donors (Lipinski definition) is 1. The zero-order valence-corrected chi connectivity index (χ0v) is 10.4. The highest BCUT2D eigenvalue weighted by atomic mass is 35.5. The molecule has 0 aliphatic carbocycles. The number of hydrogen-bond acceptors (Lipinski definition) is 2. The van der Waals surface area contributed by atoms with Gasteiger partial charge in [-0.05, 0) is 25.5 Å². The fourth-order valence-corrected chi connectivity index (χ4v) is 1.66. The van der Waals surface area contributed by atoms with Crippen molar-refractivity contribution in [1.82, 2.24) is 0 Å². The molecule has 0 fully saturated rings. The molecule has 0 aliphatic heterocycles. The number of benzene rings is 1. The monoisotopic (exact) mass is 246 g/mol. The highest BCUT2D eigenvalue weighted by Crippen LogP contribution is 2.26. The maximum absolute atomic E-state index is 13.2. The van der Waals surface area contributed by atoms with Crippen molar-refractivity contribution in [2.24, 2.45) is 0 Å². The largest absolute Gasteiger partial charge is 0.387 e. The highest BCUT2D eigenvalue weighted by molar-refractivity contribution is 6.31. The first kappa shape index (κ1) is 13.4. The van der Waals surface area contributed by atoms with Gasteiger partial charge in [-0.3, -0.25) is 0 Å². The lowest BCUT2D eigenvalue weighted by Gasteiger charge is -2.29. The molecule has 2 nitrogen and oxygen atoms in total. The minimum atomic E-state index is -1.08. The van der Waals surface area contributed by atoms with Crippen LogP contribution in [0.2, 0.25) is 5.02 Å². The molecule has 16 heavy (non-hydrogen) atoms. The van der Waals surface area contributed by atoms with Gasteiger partial charge in [-0.1, -0.05) is 23.7 Å². The van der Waals surface area contributed by atoms with Crippen molar-refractivity contribution < 1.29 is 14.2 Å². The molecule has 0 heterocycles. The van der Waals surface area contributed by atoms with Crippen LogP contribution in [0.3, 0.4) is 0 Å². The lowest BCUT2D eigenvalue weighted by atomic mass is 9.91. The van der Waals surface area contributed by atoms with E-state index in [1.807, 2.05) is 0 Å². The summed E-state index contributed by atoms with van der Waals surface area (Å²) in [5.74, 6) is -0.472. The minimum absolute atomic E-state index is 0.0612. The van der Waals surface area contributed by atoms with E-state index in [9.17, 15) is 9.50 Å². The molecule has 0 saturated carbocycles. The van der Waals surface area contributed by atoms with Gasteiger partial charge >= 0.3 is 0 Å². The van der Waals surface area contributed by atoms with E-state index < -0.39 is 11.4 Å². The van der Waals surface area contributed by atoms with Crippen molar-refractivity contribution >= 4 is 11.6 Å². The second-order valence-corrected chi connectivity index (χ2v) is 4.50. The van der Waals surface area contributed by atoms with Gasteiger partial charge in [0, 0.05) is 13.5 Å². The Morgan fingerprint density at radius 2 is 2.19 bits per heavy atom. The van der Waals surface area contributed by atoms with Gasteiger partial charge in [-0.2, -0.15) is 0 Å². The average molecular weight is 247 g/mol. The van der Waals surface area contributed by atoms with Crippen LogP contribution < -0.4 is 0 Å². The first-order valence-electron chi connectivity index (χ1n) is 5.06. The lowest BCUT2D eigenvalue weighted by Crippen LogP contribution is -2.40. The third-order valence-corrected chi connectivity index (χ3v) is 3.23. The molecule has 2 atom stereocenters. The molecular weight excluding hydrogens is 231 g/mol. The molecule has 0 aromatic heterocycles. The molecular formula is C12H16ClFO2. The van der Waals surface area contributed by atoms with E-state index in [4.69, 9.17) is 16.3 Å². The van der Waals surface area contributed by atoms with Crippen molar-refractivity contribution in [3.63, 3.8) is 0 Å². The van der Waals surface area contributed by atoms with E-state index >= 15 is 0 Å². The first-order valence-corrected chi connectivity index (χ1v) is 5.44. The normalized spacial score (nSPS) is 16.9. The zero-order valence-electron chi connectivity index (χ0n) is 9.63. The molecule has 1 N–H and O–H groups in total. The Balaban J connectivity index is 2.92. The van der Waals surface area contributed by atoms with Gasteiger partial charge in [0.2, 0.25) is 0 Å². The molecule has 0 bridgehead atoms. The molecule has 0 spiro atoms. The summed E-state index contributed by atoms with van der Waals surface area (Å²) in [6.07, 6.45) is -0.106. The molecule has 4 heteroatoms. The third-order valence-electron chi connectivity index (χ3n) is 2.81. The van der Waals surface area contributed by atoms with Gasteiger partial charge in [0.05, 0.1) is 16.7 Å². The van der Waals surface area contributed by atoms with Crippen LogP contribution in [0.25, 0.3) is 0 Å². The Bertz CT molecular complexity index is 366. The van der Waals surface area contributed by atoms with Crippen LogP contribution in [0.4, 0.5) is 4.39 Å². The molecule has 0 saturated heterocycles. The Hall–Kier alpha value is -0.640. The van der Waals surface area contributed by atoms with Crippen LogP contribution in [0.15, 0.2) is 18.2 Å². The maximum Gasteiger partial charge on any atom is 0.142 e. The van der Waals surface area contributed by atoms with Gasteiger partial charge in [-0.25, -0.2) is 4.39 Å². The van der Waals surface area contributed by atoms with E-state index in [0.717, 1.165) is 0 Å². The molecule has 1 aromatic rings. The SMILES string of the molecule is COC(C)C(C)(O)Cc1cccc(F)c1Cl. The van der Waals surface area contributed by atoms with Crippen LogP contribution >= 0.6 is 11.6 Å². The number of rotatable bonds is 4. The Labute approximate surface area is 100.0 Å². The van der Waals surface area contributed by atoms with Crippen LogP contribution in [-0.4, -0.2) is 23.9 Å². The number of methoxy groups -OCH3 is 1. The second-order valence-electron chi connectivity index (χ2n) is 4.12. The van der Waals surface area contributed by atoms with Crippen molar-refractivity contribution in [2.45, 2.75) is 32.0 Å². The van der Waals surface area contributed by atoms with E-state index in [2.05, 4.69) is 0 Å². The topological polar surface area (TPSA) is 29.5 Å². The summed E-state index contributed by atoms with van der Waals surface area (Å²) >= 11 is 5.82. The van der Waals surface area contributed by atoms with Crippen LogP contribution in [0.1, 0.15) is 19.4 Å². The quantitative estimate of drug-likeness (QED) is 0.885. The summed E-state index contributed by atoms with van der Waals surface area (Å²) in [5.41, 5.74) is -0.498. The van der Waals surface area contributed by atoms with E-state index in [1.165, 1.54) is 13.2 Å². The summed E-state index contributed by atoms with van der Waals surface area (Å²) in [5, 5.41) is 10.2. The molecule has 0 amide bonds. The standard InChI is InChI=1S/C12H16ClFO2/c1-8(16-3)12(2,15)7-9-5-4-6-10(14)11(9)13/h4-6,8,15H,7H2,1-3H3. The van der Waals surface area contributed by atoms with Crippen molar-refractivity contribution in [3.05, 3.63) is 34.6 Å². The smallest absolute Gasteiger partial charge is 0.142 e. The lowest BCUT2D eigenvalue weighted by molar-refractivity contribution is -0.0715. The Morgan fingerprint density at radius 1 is 1.56 bits per heavy atom. The first-order chi connectivity index (χ1) is 7.38. The van der Waals surface area contributed by atoms with Gasteiger partial charge < -0.3 is 9.84 Å². The predicted octanol–water partition coefficient (Wildman–Crippen LogP) is 2.81. The third kappa shape index (κ3) is 2.94. The van der Waals surface area contributed by atoms with E-state index in [0.29, 0.717) is 5.56 Å². The van der Waals surface area contributed by atoms with Crippen molar-refractivity contribution in [3.8, 4) is 0 Å². The average Bonchev–Trinajstić information content (AvgIpc) is 2.23. The molecule has 1 rings (SSSR count). The van der Waals surface area contributed by atoms with Gasteiger partial charge in [0.1, 0.15) is 5.82 Å². The van der Waals surface area contributed by atoms with Crippen LogP contribution in [0.5, 0.6) is 0 Å². The molecule has 0 radical (unpaired) electrons. The van der Waals surface area contributed by atoms with Crippen molar-refractivity contribution in [2.75, 3.05) is 7.11 Å².